The molecule has 2 rings (SSSR count). The van der Waals surface area contributed by atoms with Crippen molar-refractivity contribution in [2.45, 2.75) is 0 Å². The van der Waals surface area contributed by atoms with E-state index in [0.717, 1.165) is 4.47 Å². The second-order valence-corrected chi connectivity index (χ2v) is 6.08. The smallest absolute Gasteiger partial charge is 0.344 e. The van der Waals surface area contributed by atoms with Crippen molar-refractivity contribution in [1.29, 1.82) is 5.26 Å². The van der Waals surface area contributed by atoms with E-state index in [2.05, 4.69) is 21.2 Å². The maximum absolute atomic E-state index is 11.8. The quantitative estimate of drug-likeness (QED) is 0.718. The van der Waals surface area contributed by atoms with Gasteiger partial charge in [-0.05, 0) is 36.4 Å². The summed E-state index contributed by atoms with van der Waals surface area (Å²) >= 11 is 9.16. The summed E-state index contributed by atoms with van der Waals surface area (Å²) in [6.45, 7) is -0.773. The van der Waals surface area contributed by atoms with E-state index in [-0.39, 0.29) is 11.6 Å². The monoisotopic (exact) mass is 422 g/mol. The number of nitrogens with zero attached hydrogens (tertiary/aromatic N) is 1. The van der Waals surface area contributed by atoms with Crippen molar-refractivity contribution in [2.24, 2.45) is 0 Å². The summed E-state index contributed by atoms with van der Waals surface area (Å²) in [7, 11) is 0. The minimum absolute atomic E-state index is 0.222. The summed E-state index contributed by atoms with van der Waals surface area (Å²) in [4.78, 5) is 23.4. The minimum atomic E-state index is -0.673. The van der Waals surface area contributed by atoms with Crippen molar-refractivity contribution in [2.75, 3.05) is 18.5 Å². The first-order valence-electron chi connectivity index (χ1n) is 7.01. The standard InChI is InChI=1S/C17H12BrClN2O4/c18-12-2-1-3-14(6-12)24-10-17(23)25-9-16(22)21-13-5-4-11(8-20)15(19)7-13/h1-7H,9-10H2,(H,21,22). The third-order valence-corrected chi connectivity index (χ3v) is 3.70. The molecule has 0 bridgehead atoms. The van der Waals surface area contributed by atoms with Crippen LogP contribution < -0.4 is 10.1 Å². The molecule has 0 heterocycles. The van der Waals surface area contributed by atoms with Crippen LogP contribution in [0.3, 0.4) is 0 Å². The molecule has 128 valence electrons. The topological polar surface area (TPSA) is 88.4 Å². The number of ether oxygens (including phenoxy) is 2. The zero-order chi connectivity index (χ0) is 18.2. The normalized spacial score (nSPS) is 9.80. The van der Waals surface area contributed by atoms with Crippen LogP contribution in [0.2, 0.25) is 5.02 Å². The summed E-state index contributed by atoms with van der Waals surface area (Å²) < 4.78 is 10.9. The van der Waals surface area contributed by atoms with Crippen LogP contribution in [0.1, 0.15) is 5.56 Å². The number of halogens is 2. The lowest BCUT2D eigenvalue weighted by molar-refractivity contribution is -0.149. The zero-order valence-electron chi connectivity index (χ0n) is 12.8. The van der Waals surface area contributed by atoms with E-state index in [1.807, 2.05) is 12.1 Å². The molecule has 0 unspecified atom stereocenters. The van der Waals surface area contributed by atoms with Crippen LogP contribution in [-0.2, 0) is 14.3 Å². The van der Waals surface area contributed by atoms with E-state index in [1.165, 1.54) is 18.2 Å². The predicted molar refractivity (Wildman–Crippen MR) is 95.4 cm³/mol. The number of nitriles is 1. The Hall–Kier alpha value is -2.56. The number of rotatable bonds is 6. The molecular weight excluding hydrogens is 412 g/mol. The first kappa shape index (κ1) is 18.8. The van der Waals surface area contributed by atoms with Crippen molar-refractivity contribution in [1.82, 2.24) is 0 Å². The van der Waals surface area contributed by atoms with E-state index in [4.69, 9.17) is 26.3 Å². The molecule has 0 saturated carbocycles. The Labute approximate surface area is 157 Å². The molecular formula is C17H12BrClN2O4. The fourth-order valence-electron chi connectivity index (χ4n) is 1.77. The molecule has 6 nitrogen and oxygen atoms in total. The molecule has 0 aromatic heterocycles. The molecule has 0 fully saturated rings. The molecule has 0 aliphatic heterocycles. The maximum atomic E-state index is 11.8. The lowest BCUT2D eigenvalue weighted by Crippen LogP contribution is -2.23. The molecule has 1 amide bonds. The van der Waals surface area contributed by atoms with Crippen LogP contribution in [0.4, 0.5) is 5.69 Å². The number of carbonyl (C=O) groups excluding carboxylic acids is 2. The lowest BCUT2D eigenvalue weighted by atomic mass is 10.2. The molecule has 0 aliphatic rings. The van der Waals surface area contributed by atoms with Gasteiger partial charge in [0.1, 0.15) is 11.8 Å². The third-order valence-electron chi connectivity index (χ3n) is 2.89. The van der Waals surface area contributed by atoms with Crippen LogP contribution in [0, 0.1) is 11.3 Å². The van der Waals surface area contributed by atoms with Gasteiger partial charge in [-0.25, -0.2) is 4.79 Å². The van der Waals surface area contributed by atoms with E-state index >= 15 is 0 Å². The predicted octanol–water partition coefficient (Wildman–Crippen LogP) is 3.53. The highest BCUT2D eigenvalue weighted by atomic mass is 79.9. The Kier molecular flexibility index (Phi) is 6.81. The number of hydrogen-bond donors (Lipinski definition) is 1. The first-order chi connectivity index (χ1) is 12.0. The Bertz CT molecular complexity index is 836. The van der Waals surface area contributed by atoms with Gasteiger partial charge in [-0.1, -0.05) is 33.6 Å². The maximum Gasteiger partial charge on any atom is 0.344 e. The van der Waals surface area contributed by atoms with Crippen LogP contribution in [0.15, 0.2) is 46.9 Å². The zero-order valence-corrected chi connectivity index (χ0v) is 15.1. The highest BCUT2D eigenvalue weighted by molar-refractivity contribution is 9.10. The second kappa shape index (κ2) is 9.06. The number of amides is 1. The molecule has 2 aromatic rings. The van der Waals surface area contributed by atoms with Crippen molar-refractivity contribution in [3.63, 3.8) is 0 Å². The average Bonchev–Trinajstić information content (AvgIpc) is 2.58. The fraction of sp³-hybridized carbons (Fsp3) is 0.118. The molecule has 25 heavy (non-hydrogen) atoms. The largest absolute Gasteiger partial charge is 0.482 e. The number of benzene rings is 2. The van der Waals surface area contributed by atoms with Gasteiger partial charge < -0.3 is 14.8 Å². The fourth-order valence-corrected chi connectivity index (χ4v) is 2.37. The van der Waals surface area contributed by atoms with Gasteiger partial charge in [0.15, 0.2) is 13.2 Å². The van der Waals surface area contributed by atoms with Crippen molar-refractivity contribution < 1.29 is 19.1 Å². The van der Waals surface area contributed by atoms with E-state index in [0.29, 0.717) is 17.0 Å². The van der Waals surface area contributed by atoms with Gasteiger partial charge in [0.2, 0.25) is 0 Å². The molecule has 8 heteroatoms. The van der Waals surface area contributed by atoms with Gasteiger partial charge in [0.25, 0.3) is 5.91 Å². The van der Waals surface area contributed by atoms with Crippen LogP contribution in [0.5, 0.6) is 5.75 Å². The Morgan fingerprint density at radius 1 is 1.20 bits per heavy atom. The highest BCUT2D eigenvalue weighted by Crippen LogP contribution is 2.20. The number of esters is 1. The summed E-state index contributed by atoms with van der Waals surface area (Å²) in [5.41, 5.74) is 0.700. The minimum Gasteiger partial charge on any atom is -0.482 e. The second-order valence-electron chi connectivity index (χ2n) is 4.76. The number of carbonyl (C=O) groups is 2. The van der Waals surface area contributed by atoms with E-state index in [9.17, 15) is 9.59 Å². The first-order valence-corrected chi connectivity index (χ1v) is 8.18. The summed E-state index contributed by atoms with van der Waals surface area (Å²) in [6.07, 6.45) is 0. The van der Waals surface area contributed by atoms with Crippen molar-refractivity contribution in [3.05, 3.63) is 57.5 Å². The van der Waals surface area contributed by atoms with Gasteiger partial charge in [0.05, 0.1) is 10.6 Å². The van der Waals surface area contributed by atoms with Crippen molar-refractivity contribution >= 4 is 45.1 Å². The average molecular weight is 424 g/mol. The summed E-state index contributed by atoms with van der Waals surface area (Å²) in [5.74, 6) is -0.701. The van der Waals surface area contributed by atoms with Gasteiger partial charge in [-0.3, -0.25) is 4.79 Å². The highest BCUT2D eigenvalue weighted by Gasteiger charge is 2.10. The summed E-state index contributed by atoms with van der Waals surface area (Å²) in [6, 6.07) is 13.4. The summed E-state index contributed by atoms with van der Waals surface area (Å²) in [5, 5.41) is 11.5. The molecule has 0 atom stereocenters. The third kappa shape index (κ3) is 6.10. The van der Waals surface area contributed by atoms with E-state index in [1.54, 1.807) is 18.2 Å². The van der Waals surface area contributed by atoms with Crippen LogP contribution in [-0.4, -0.2) is 25.1 Å². The number of anilines is 1. The molecule has 2 aromatic carbocycles. The molecule has 0 radical (unpaired) electrons. The number of hydrogen-bond acceptors (Lipinski definition) is 5. The van der Waals surface area contributed by atoms with Gasteiger partial charge in [-0.2, -0.15) is 5.26 Å². The van der Waals surface area contributed by atoms with E-state index < -0.39 is 18.5 Å². The SMILES string of the molecule is N#Cc1ccc(NC(=O)COC(=O)COc2cccc(Br)c2)cc1Cl. The Balaban J connectivity index is 1.76. The molecule has 0 spiro atoms. The molecule has 0 aliphatic carbocycles. The van der Waals surface area contributed by atoms with Gasteiger partial charge >= 0.3 is 5.97 Å². The van der Waals surface area contributed by atoms with Crippen molar-refractivity contribution in [3.8, 4) is 11.8 Å². The Morgan fingerprint density at radius 3 is 2.68 bits per heavy atom. The van der Waals surface area contributed by atoms with Gasteiger partial charge in [-0.15, -0.1) is 0 Å². The lowest BCUT2D eigenvalue weighted by Gasteiger charge is -2.08. The Morgan fingerprint density at radius 2 is 2.00 bits per heavy atom. The van der Waals surface area contributed by atoms with Gasteiger partial charge in [0, 0.05) is 10.2 Å². The molecule has 0 saturated heterocycles. The van der Waals surface area contributed by atoms with Crippen LogP contribution >= 0.6 is 27.5 Å². The van der Waals surface area contributed by atoms with Crippen LogP contribution in [0.25, 0.3) is 0 Å². The number of nitrogens with one attached hydrogen (secondary N) is 1. The molecule has 1 N–H and O–H groups in total.